The van der Waals surface area contributed by atoms with E-state index in [0.29, 0.717) is 27.8 Å². The predicted octanol–water partition coefficient (Wildman–Crippen LogP) is 4.96. The van der Waals surface area contributed by atoms with Gasteiger partial charge in [-0.1, -0.05) is 17.7 Å². The molecule has 4 aromatic rings. The first kappa shape index (κ1) is 20.3. The van der Waals surface area contributed by atoms with E-state index in [1.807, 2.05) is 6.92 Å². The van der Waals surface area contributed by atoms with Crippen LogP contribution in [-0.4, -0.2) is 15.8 Å². The standard InChI is InChI=1S/C23H20FN3O4/c1-14-4-6-21(24)18(9-14)17(11-23(28)26-12-16-3-2-8-31-16)20-13-25-22-7-5-15(27(29)30)10-19(20)22/h2-10,13,17,25H,11-12H2,1H3,(H,26,28). The molecule has 31 heavy (non-hydrogen) atoms. The molecule has 0 aliphatic heterocycles. The zero-order valence-electron chi connectivity index (χ0n) is 16.7. The van der Waals surface area contributed by atoms with Crippen molar-refractivity contribution in [3.63, 3.8) is 0 Å². The number of nitrogens with one attached hydrogen (secondary N) is 2. The summed E-state index contributed by atoms with van der Waals surface area (Å²) in [5.41, 5.74) is 2.44. The Balaban J connectivity index is 1.73. The van der Waals surface area contributed by atoms with Crippen LogP contribution in [0.2, 0.25) is 0 Å². The highest BCUT2D eigenvalue weighted by molar-refractivity contribution is 5.87. The first-order valence-corrected chi connectivity index (χ1v) is 9.73. The third kappa shape index (κ3) is 4.32. The molecule has 8 heteroatoms. The Kier molecular flexibility index (Phi) is 5.53. The molecule has 2 aromatic carbocycles. The number of fused-ring (bicyclic) bond motifs is 1. The van der Waals surface area contributed by atoms with Gasteiger partial charge in [-0.25, -0.2) is 4.39 Å². The van der Waals surface area contributed by atoms with E-state index in [-0.39, 0.29) is 24.6 Å². The van der Waals surface area contributed by atoms with Crippen LogP contribution in [0.4, 0.5) is 10.1 Å². The van der Waals surface area contributed by atoms with Gasteiger partial charge in [-0.15, -0.1) is 0 Å². The van der Waals surface area contributed by atoms with Crippen LogP contribution < -0.4 is 5.32 Å². The average Bonchev–Trinajstić information content (AvgIpc) is 3.41. The van der Waals surface area contributed by atoms with Crippen LogP contribution in [0.5, 0.6) is 0 Å². The number of hydrogen-bond acceptors (Lipinski definition) is 4. The monoisotopic (exact) mass is 421 g/mol. The number of aromatic amines is 1. The van der Waals surface area contributed by atoms with Gasteiger partial charge >= 0.3 is 0 Å². The zero-order chi connectivity index (χ0) is 22.0. The second-order valence-electron chi connectivity index (χ2n) is 7.37. The van der Waals surface area contributed by atoms with E-state index >= 15 is 0 Å². The number of halogens is 1. The van der Waals surface area contributed by atoms with Crippen molar-refractivity contribution >= 4 is 22.5 Å². The summed E-state index contributed by atoms with van der Waals surface area (Å²) in [6.45, 7) is 2.06. The van der Waals surface area contributed by atoms with Gasteiger partial charge in [0.1, 0.15) is 11.6 Å². The molecule has 1 unspecified atom stereocenters. The van der Waals surface area contributed by atoms with E-state index in [9.17, 15) is 19.3 Å². The average molecular weight is 421 g/mol. The number of non-ortho nitro benzene ring substituents is 1. The molecule has 0 fully saturated rings. The summed E-state index contributed by atoms with van der Waals surface area (Å²) in [7, 11) is 0. The number of hydrogen-bond donors (Lipinski definition) is 2. The van der Waals surface area contributed by atoms with E-state index in [1.54, 1.807) is 36.5 Å². The molecular weight excluding hydrogens is 401 g/mol. The number of rotatable bonds is 7. The number of benzene rings is 2. The van der Waals surface area contributed by atoms with Crippen LogP contribution in [0.1, 0.15) is 34.8 Å². The second-order valence-corrected chi connectivity index (χ2v) is 7.37. The van der Waals surface area contributed by atoms with Gasteiger partial charge < -0.3 is 14.7 Å². The smallest absolute Gasteiger partial charge is 0.270 e. The lowest BCUT2D eigenvalue weighted by molar-refractivity contribution is -0.384. The Labute approximate surface area is 177 Å². The Morgan fingerprint density at radius 1 is 1.23 bits per heavy atom. The molecule has 2 N–H and O–H groups in total. The van der Waals surface area contributed by atoms with Crippen molar-refractivity contribution in [2.75, 3.05) is 0 Å². The van der Waals surface area contributed by atoms with Crippen LogP contribution in [0, 0.1) is 22.9 Å². The highest BCUT2D eigenvalue weighted by Crippen LogP contribution is 2.36. The fourth-order valence-electron chi connectivity index (χ4n) is 3.71. The number of amides is 1. The number of aromatic nitrogens is 1. The van der Waals surface area contributed by atoms with E-state index < -0.39 is 16.7 Å². The number of furan rings is 1. The van der Waals surface area contributed by atoms with Gasteiger partial charge in [0.2, 0.25) is 5.91 Å². The maximum absolute atomic E-state index is 14.8. The molecule has 0 bridgehead atoms. The molecule has 0 radical (unpaired) electrons. The lowest BCUT2D eigenvalue weighted by Gasteiger charge is -2.18. The maximum Gasteiger partial charge on any atom is 0.270 e. The van der Waals surface area contributed by atoms with Crippen molar-refractivity contribution in [1.82, 2.24) is 10.3 Å². The second kappa shape index (κ2) is 8.43. The fourth-order valence-corrected chi connectivity index (χ4v) is 3.71. The van der Waals surface area contributed by atoms with E-state index in [1.165, 1.54) is 24.5 Å². The molecule has 2 heterocycles. The summed E-state index contributed by atoms with van der Waals surface area (Å²) in [6.07, 6.45) is 3.17. The third-order valence-corrected chi connectivity index (χ3v) is 5.24. The van der Waals surface area contributed by atoms with Gasteiger partial charge in [0, 0.05) is 41.6 Å². The summed E-state index contributed by atoms with van der Waals surface area (Å²) in [4.78, 5) is 26.6. The molecule has 158 valence electrons. The summed E-state index contributed by atoms with van der Waals surface area (Å²) in [6, 6.07) is 12.7. The summed E-state index contributed by atoms with van der Waals surface area (Å²) < 4.78 is 20.0. The third-order valence-electron chi connectivity index (χ3n) is 5.24. The number of nitrogens with zero attached hydrogens (tertiary/aromatic N) is 1. The number of nitro benzene ring substituents is 1. The van der Waals surface area contributed by atoms with Crippen molar-refractivity contribution in [3.8, 4) is 0 Å². The molecular formula is C23H20FN3O4. The molecule has 2 aromatic heterocycles. The lowest BCUT2D eigenvalue weighted by atomic mass is 9.86. The van der Waals surface area contributed by atoms with Gasteiger partial charge in [0.25, 0.3) is 5.69 Å². The molecule has 0 aliphatic carbocycles. The van der Waals surface area contributed by atoms with Crippen LogP contribution in [0.25, 0.3) is 10.9 Å². The number of aryl methyl sites for hydroxylation is 1. The maximum atomic E-state index is 14.8. The molecule has 0 saturated heterocycles. The van der Waals surface area contributed by atoms with Gasteiger partial charge in [0.15, 0.2) is 0 Å². The minimum absolute atomic E-state index is 0.0310. The van der Waals surface area contributed by atoms with Crippen LogP contribution in [0.3, 0.4) is 0 Å². The molecule has 0 aliphatic rings. The molecule has 1 atom stereocenters. The van der Waals surface area contributed by atoms with Gasteiger partial charge in [-0.3, -0.25) is 14.9 Å². The Bertz CT molecular complexity index is 1250. The van der Waals surface area contributed by atoms with Crippen molar-refractivity contribution in [2.45, 2.75) is 25.8 Å². The number of H-pyrrole nitrogens is 1. The van der Waals surface area contributed by atoms with E-state index in [4.69, 9.17) is 4.42 Å². The van der Waals surface area contributed by atoms with Crippen LogP contribution in [-0.2, 0) is 11.3 Å². The first-order valence-electron chi connectivity index (χ1n) is 9.73. The Morgan fingerprint density at radius 2 is 2.06 bits per heavy atom. The highest BCUT2D eigenvalue weighted by Gasteiger charge is 2.25. The first-order chi connectivity index (χ1) is 14.9. The molecule has 4 rings (SSSR count). The highest BCUT2D eigenvalue weighted by atomic mass is 19.1. The number of nitro groups is 1. The van der Waals surface area contributed by atoms with Crippen molar-refractivity contribution < 1.29 is 18.5 Å². The van der Waals surface area contributed by atoms with Crippen molar-refractivity contribution in [1.29, 1.82) is 0 Å². The SMILES string of the molecule is Cc1ccc(F)c(C(CC(=O)NCc2ccco2)c2c[nH]c3ccc([N+](=O)[O-])cc23)c1. The van der Waals surface area contributed by atoms with E-state index in [2.05, 4.69) is 10.3 Å². The topological polar surface area (TPSA) is 101 Å². The Hall–Kier alpha value is -3.94. The van der Waals surface area contributed by atoms with E-state index in [0.717, 1.165) is 5.56 Å². The molecule has 1 amide bonds. The van der Waals surface area contributed by atoms with Gasteiger partial charge in [-0.05, 0) is 42.3 Å². The van der Waals surface area contributed by atoms with Crippen LogP contribution >= 0.6 is 0 Å². The molecule has 0 spiro atoms. The normalized spacial score (nSPS) is 12.1. The van der Waals surface area contributed by atoms with Crippen molar-refractivity contribution in [3.05, 3.63) is 99.4 Å². The zero-order valence-corrected chi connectivity index (χ0v) is 16.7. The van der Waals surface area contributed by atoms with Gasteiger partial charge in [-0.2, -0.15) is 0 Å². The summed E-state index contributed by atoms with van der Waals surface area (Å²) >= 11 is 0. The number of carbonyl (C=O) groups excluding carboxylic acids is 1. The summed E-state index contributed by atoms with van der Waals surface area (Å²) in [5, 5.41) is 14.6. The van der Waals surface area contributed by atoms with Gasteiger partial charge in [0.05, 0.1) is 17.7 Å². The number of carbonyl (C=O) groups is 1. The lowest BCUT2D eigenvalue weighted by Crippen LogP contribution is -2.25. The molecule has 0 saturated carbocycles. The Morgan fingerprint density at radius 3 is 2.81 bits per heavy atom. The van der Waals surface area contributed by atoms with Crippen LogP contribution in [0.15, 0.2) is 65.4 Å². The quantitative estimate of drug-likeness (QED) is 0.325. The predicted molar refractivity (Wildman–Crippen MR) is 113 cm³/mol. The molecule has 7 nitrogen and oxygen atoms in total. The van der Waals surface area contributed by atoms with Crippen molar-refractivity contribution in [2.24, 2.45) is 0 Å². The largest absolute Gasteiger partial charge is 0.467 e. The minimum Gasteiger partial charge on any atom is -0.467 e. The fraction of sp³-hybridized carbons (Fsp3) is 0.174. The minimum atomic E-state index is -0.632. The summed E-state index contributed by atoms with van der Waals surface area (Å²) in [5.74, 6) is -0.752.